The minimum absolute atomic E-state index is 0.178. The SMILES string of the molecule is CN(Cc1ccccc1Cl)C(=O)c1cc2cccc(Br)c2o1. The van der Waals surface area contributed by atoms with E-state index in [4.69, 9.17) is 16.0 Å². The van der Waals surface area contributed by atoms with E-state index in [0.717, 1.165) is 15.4 Å². The van der Waals surface area contributed by atoms with E-state index in [9.17, 15) is 4.79 Å². The fraction of sp³-hybridized carbons (Fsp3) is 0.118. The molecule has 22 heavy (non-hydrogen) atoms. The number of furan rings is 1. The first-order valence-corrected chi connectivity index (χ1v) is 7.90. The first-order valence-electron chi connectivity index (χ1n) is 6.73. The Hall–Kier alpha value is -1.78. The molecule has 0 aliphatic heterocycles. The van der Waals surface area contributed by atoms with Gasteiger partial charge in [-0.1, -0.05) is 41.9 Å². The van der Waals surface area contributed by atoms with Crippen molar-refractivity contribution in [2.24, 2.45) is 0 Å². The van der Waals surface area contributed by atoms with E-state index in [-0.39, 0.29) is 5.91 Å². The van der Waals surface area contributed by atoms with Gasteiger partial charge < -0.3 is 9.32 Å². The molecule has 1 aromatic heterocycles. The highest BCUT2D eigenvalue weighted by Crippen LogP contribution is 2.27. The Morgan fingerprint density at radius 3 is 2.73 bits per heavy atom. The number of hydrogen-bond donors (Lipinski definition) is 0. The second kappa shape index (κ2) is 6.15. The predicted molar refractivity (Wildman–Crippen MR) is 91.2 cm³/mol. The number of carbonyl (C=O) groups excluding carboxylic acids is 1. The molecular formula is C17H13BrClNO2. The van der Waals surface area contributed by atoms with Crippen LogP contribution in [0.3, 0.4) is 0 Å². The lowest BCUT2D eigenvalue weighted by molar-refractivity contribution is 0.0756. The summed E-state index contributed by atoms with van der Waals surface area (Å²) in [6, 6.07) is 14.9. The number of halogens is 2. The lowest BCUT2D eigenvalue weighted by Gasteiger charge is -2.16. The summed E-state index contributed by atoms with van der Waals surface area (Å²) < 4.78 is 6.51. The zero-order chi connectivity index (χ0) is 15.7. The third kappa shape index (κ3) is 2.89. The third-order valence-electron chi connectivity index (χ3n) is 3.42. The summed E-state index contributed by atoms with van der Waals surface area (Å²) >= 11 is 9.56. The summed E-state index contributed by atoms with van der Waals surface area (Å²) in [5, 5.41) is 1.54. The molecule has 3 aromatic rings. The molecule has 112 valence electrons. The third-order valence-corrected chi connectivity index (χ3v) is 4.41. The Morgan fingerprint density at radius 1 is 1.23 bits per heavy atom. The maximum Gasteiger partial charge on any atom is 0.289 e. The summed E-state index contributed by atoms with van der Waals surface area (Å²) in [7, 11) is 1.73. The molecule has 0 saturated heterocycles. The molecule has 0 aliphatic rings. The minimum atomic E-state index is -0.178. The van der Waals surface area contributed by atoms with Gasteiger partial charge in [0.2, 0.25) is 0 Å². The van der Waals surface area contributed by atoms with Crippen LogP contribution in [0.2, 0.25) is 5.02 Å². The standard InChI is InChI=1S/C17H13BrClNO2/c1-20(10-12-5-2-3-8-14(12)19)17(21)15-9-11-6-4-7-13(18)16(11)22-15/h2-9H,10H2,1H3. The van der Waals surface area contributed by atoms with E-state index in [2.05, 4.69) is 15.9 Å². The van der Waals surface area contributed by atoms with Gasteiger partial charge in [0.1, 0.15) is 5.58 Å². The molecule has 3 rings (SSSR count). The number of carbonyl (C=O) groups is 1. The molecule has 2 aromatic carbocycles. The van der Waals surface area contributed by atoms with Crippen molar-refractivity contribution in [3.05, 3.63) is 69.3 Å². The largest absolute Gasteiger partial charge is 0.450 e. The number of fused-ring (bicyclic) bond motifs is 1. The van der Waals surface area contributed by atoms with Gasteiger partial charge in [0, 0.05) is 24.0 Å². The molecule has 0 spiro atoms. The zero-order valence-electron chi connectivity index (χ0n) is 11.8. The molecule has 1 amide bonds. The highest BCUT2D eigenvalue weighted by molar-refractivity contribution is 9.10. The van der Waals surface area contributed by atoms with Gasteiger partial charge in [-0.2, -0.15) is 0 Å². The molecule has 5 heteroatoms. The average Bonchev–Trinajstić information content (AvgIpc) is 2.94. The number of para-hydroxylation sites is 1. The van der Waals surface area contributed by atoms with Crippen LogP contribution in [-0.2, 0) is 6.54 Å². The normalized spacial score (nSPS) is 10.9. The molecule has 0 atom stereocenters. The maximum absolute atomic E-state index is 12.5. The van der Waals surface area contributed by atoms with Crippen molar-refractivity contribution in [2.75, 3.05) is 7.05 Å². The second-order valence-corrected chi connectivity index (χ2v) is 6.28. The maximum atomic E-state index is 12.5. The lowest BCUT2D eigenvalue weighted by atomic mass is 10.2. The Balaban J connectivity index is 1.86. The van der Waals surface area contributed by atoms with Gasteiger partial charge in [-0.05, 0) is 39.7 Å². The summed E-state index contributed by atoms with van der Waals surface area (Å²) in [5.74, 6) is 0.138. The van der Waals surface area contributed by atoms with Gasteiger partial charge in [0.15, 0.2) is 5.76 Å². The highest BCUT2D eigenvalue weighted by Gasteiger charge is 2.18. The van der Waals surface area contributed by atoms with Crippen LogP contribution in [0.1, 0.15) is 16.1 Å². The molecule has 0 bridgehead atoms. The number of hydrogen-bond acceptors (Lipinski definition) is 2. The molecule has 1 heterocycles. The van der Waals surface area contributed by atoms with E-state index < -0.39 is 0 Å². The van der Waals surface area contributed by atoms with E-state index >= 15 is 0 Å². The van der Waals surface area contributed by atoms with E-state index in [1.807, 2.05) is 42.5 Å². The van der Waals surface area contributed by atoms with Crippen molar-refractivity contribution in [1.82, 2.24) is 4.90 Å². The monoisotopic (exact) mass is 377 g/mol. The molecular weight excluding hydrogens is 366 g/mol. The zero-order valence-corrected chi connectivity index (χ0v) is 14.2. The average molecular weight is 379 g/mol. The number of amides is 1. The topological polar surface area (TPSA) is 33.5 Å². The number of rotatable bonds is 3. The van der Waals surface area contributed by atoms with Crippen molar-refractivity contribution in [3.8, 4) is 0 Å². The van der Waals surface area contributed by atoms with Gasteiger partial charge in [0.05, 0.1) is 4.47 Å². The Bertz CT molecular complexity index is 844. The van der Waals surface area contributed by atoms with Gasteiger partial charge >= 0.3 is 0 Å². The number of benzene rings is 2. The molecule has 0 N–H and O–H groups in total. The van der Waals surface area contributed by atoms with Gasteiger partial charge in [-0.15, -0.1) is 0 Å². The smallest absolute Gasteiger partial charge is 0.289 e. The predicted octanol–water partition coefficient (Wildman–Crippen LogP) is 5.12. The first kappa shape index (κ1) is 15.1. The van der Waals surface area contributed by atoms with Crippen LogP contribution in [0, 0.1) is 0 Å². The fourth-order valence-corrected chi connectivity index (χ4v) is 2.93. The molecule has 0 fully saturated rings. The first-order chi connectivity index (χ1) is 10.6. The van der Waals surface area contributed by atoms with E-state index in [1.54, 1.807) is 18.0 Å². The quantitative estimate of drug-likeness (QED) is 0.634. The van der Waals surface area contributed by atoms with Gasteiger partial charge in [-0.3, -0.25) is 4.79 Å². The summed E-state index contributed by atoms with van der Waals surface area (Å²) in [6.45, 7) is 0.427. The van der Waals surface area contributed by atoms with Crippen LogP contribution >= 0.6 is 27.5 Å². The van der Waals surface area contributed by atoms with Crippen LogP contribution in [0.4, 0.5) is 0 Å². The Kier molecular flexibility index (Phi) is 4.23. The number of nitrogens with zero attached hydrogens (tertiary/aromatic N) is 1. The van der Waals surface area contributed by atoms with E-state index in [1.165, 1.54) is 0 Å². The molecule has 3 nitrogen and oxygen atoms in total. The Labute approximate surface area is 141 Å². The Morgan fingerprint density at radius 2 is 2.00 bits per heavy atom. The molecule has 0 aliphatic carbocycles. The fourth-order valence-electron chi connectivity index (χ4n) is 2.27. The minimum Gasteiger partial charge on any atom is -0.450 e. The van der Waals surface area contributed by atoms with Crippen LogP contribution in [0.15, 0.2) is 57.4 Å². The highest BCUT2D eigenvalue weighted by atomic mass is 79.9. The summed E-state index contributed by atoms with van der Waals surface area (Å²) in [5.41, 5.74) is 1.58. The van der Waals surface area contributed by atoms with Crippen molar-refractivity contribution in [3.63, 3.8) is 0 Å². The van der Waals surface area contributed by atoms with Crippen LogP contribution in [0.5, 0.6) is 0 Å². The van der Waals surface area contributed by atoms with E-state index in [0.29, 0.717) is 22.9 Å². The molecule has 0 saturated carbocycles. The van der Waals surface area contributed by atoms with Crippen molar-refractivity contribution < 1.29 is 9.21 Å². The van der Waals surface area contributed by atoms with Crippen LogP contribution < -0.4 is 0 Å². The second-order valence-electron chi connectivity index (χ2n) is 5.02. The van der Waals surface area contributed by atoms with Crippen LogP contribution in [0.25, 0.3) is 11.0 Å². The van der Waals surface area contributed by atoms with Gasteiger partial charge in [0.25, 0.3) is 5.91 Å². The molecule has 0 unspecified atom stereocenters. The lowest BCUT2D eigenvalue weighted by Crippen LogP contribution is -2.25. The van der Waals surface area contributed by atoms with Crippen molar-refractivity contribution >= 4 is 44.4 Å². The summed E-state index contributed by atoms with van der Waals surface area (Å²) in [6.07, 6.45) is 0. The van der Waals surface area contributed by atoms with Crippen molar-refractivity contribution in [2.45, 2.75) is 6.54 Å². The summed E-state index contributed by atoms with van der Waals surface area (Å²) in [4.78, 5) is 14.1. The van der Waals surface area contributed by atoms with Gasteiger partial charge in [-0.25, -0.2) is 0 Å². The van der Waals surface area contributed by atoms with Crippen LogP contribution in [-0.4, -0.2) is 17.9 Å². The molecule has 0 radical (unpaired) electrons. The van der Waals surface area contributed by atoms with Crippen molar-refractivity contribution in [1.29, 1.82) is 0 Å².